The summed E-state index contributed by atoms with van der Waals surface area (Å²) >= 11 is 0. The molecule has 0 spiro atoms. The Kier molecular flexibility index (Phi) is 2.96. The van der Waals surface area contributed by atoms with Crippen LogP contribution >= 0.6 is 0 Å². The minimum atomic E-state index is 0.369. The van der Waals surface area contributed by atoms with Crippen molar-refractivity contribution in [2.45, 2.75) is 0 Å². The summed E-state index contributed by atoms with van der Waals surface area (Å²) in [7, 11) is 0. The molecule has 40 valence electrons. The lowest BCUT2D eigenvalue weighted by Crippen LogP contribution is -2.01. The van der Waals surface area contributed by atoms with Gasteiger partial charge in [-0.25, -0.2) is 4.99 Å². The predicted octanol–water partition coefficient (Wildman–Crippen LogP) is -0.554. The van der Waals surface area contributed by atoms with Crippen LogP contribution in [-0.4, -0.2) is 12.9 Å². The zero-order valence-corrected chi connectivity index (χ0v) is 4.09. The molecular formula is C4H9N3. The molecule has 0 saturated carbocycles. The normalized spacial score (nSPS) is 9.86. The van der Waals surface area contributed by atoms with Gasteiger partial charge in [0.25, 0.3) is 0 Å². The third-order valence-corrected chi connectivity index (χ3v) is 0.493. The number of aliphatic imine (C=N–C) groups is 1. The lowest BCUT2D eigenvalue weighted by Gasteiger charge is -1.86. The second-order valence-corrected chi connectivity index (χ2v) is 1.05. The fourth-order valence-electron chi connectivity index (χ4n) is 0.158. The second kappa shape index (κ2) is 3.36. The van der Waals surface area contributed by atoms with Gasteiger partial charge in [-0.15, -0.1) is 0 Å². The van der Waals surface area contributed by atoms with Crippen LogP contribution in [0.5, 0.6) is 0 Å². The Hall–Kier alpha value is -0.830. The van der Waals surface area contributed by atoms with Gasteiger partial charge in [0.2, 0.25) is 0 Å². The van der Waals surface area contributed by atoms with Crippen LogP contribution in [0.2, 0.25) is 0 Å². The van der Waals surface area contributed by atoms with Gasteiger partial charge in [0.1, 0.15) is 0 Å². The summed E-state index contributed by atoms with van der Waals surface area (Å²) in [6.45, 7) is 3.83. The van der Waals surface area contributed by atoms with Crippen LogP contribution in [0.25, 0.3) is 0 Å². The molecule has 3 nitrogen and oxygen atoms in total. The molecule has 0 aromatic carbocycles. The molecular weight excluding hydrogens is 90.1 g/mol. The zero-order valence-electron chi connectivity index (χ0n) is 4.09. The maximum absolute atomic E-state index is 5.09. The van der Waals surface area contributed by atoms with Crippen molar-refractivity contribution in [2.75, 3.05) is 6.54 Å². The van der Waals surface area contributed by atoms with Gasteiger partial charge in [-0.05, 0) is 0 Å². The molecule has 3 heteroatoms. The summed E-state index contributed by atoms with van der Waals surface area (Å²) in [6.07, 6.45) is 1.18. The Bertz CT molecular complexity index is 84.9. The minimum absolute atomic E-state index is 0.369. The molecule has 0 amide bonds. The summed E-state index contributed by atoms with van der Waals surface area (Å²) in [5.74, 6) is 0. The third-order valence-electron chi connectivity index (χ3n) is 0.493. The minimum Gasteiger partial charge on any atom is -0.390 e. The molecule has 0 radical (unpaired) electrons. The first kappa shape index (κ1) is 6.17. The van der Waals surface area contributed by atoms with Crippen molar-refractivity contribution >= 4 is 6.34 Å². The van der Waals surface area contributed by atoms with Gasteiger partial charge in [-0.3, -0.25) is 0 Å². The molecule has 0 bridgehead atoms. The largest absolute Gasteiger partial charge is 0.390 e. The van der Waals surface area contributed by atoms with Crippen LogP contribution in [0.4, 0.5) is 0 Å². The van der Waals surface area contributed by atoms with E-state index in [0.717, 1.165) is 0 Å². The van der Waals surface area contributed by atoms with Crippen LogP contribution in [0.1, 0.15) is 0 Å². The first-order valence-corrected chi connectivity index (χ1v) is 1.93. The molecule has 0 aliphatic carbocycles. The van der Waals surface area contributed by atoms with Gasteiger partial charge >= 0.3 is 0 Å². The van der Waals surface area contributed by atoms with Crippen molar-refractivity contribution in [3.63, 3.8) is 0 Å². The molecule has 0 aliphatic rings. The Morgan fingerprint density at radius 1 is 1.86 bits per heavy atom. The maximum Gasteiger partial charge on any atom is 0.0856 e. The topological polar surface area (TPSA) is 64.4 Å². The fourth-order valence-corrected chi connectivity index (χ4v) is 0.158. The van der Waals surface area contributed by atoms with Crippen molar-refractivity contribution < 1.29 is 0 Å². The smallest absolute Gasteiger partial charge is 0.0856 e. The molecule has 0 fully saturated rings. The first-order valence-electron chi connectivity index (χ1n) is 1.93. The molecule has 0 rings (SSSR count). The van der Waals surface area contributed by atoms with E-state index in [4.69, 9.17) is 11.5 Å². The molecule has 0 aromatic heterocycles. The molecule has 0 aliphatic heterocycles. The van der Waals surface area contributed by atoms with E-state index >= 15 is 0 Å². The Morgan fingerprint density at radius 2 is 2.43 bits per heavy atom. The van der Waals surface area contributed by atoms with Crippen LogP contribution < -0.4 is 11.5 Å². The van der Waals surface area contributed by atoms with E-state index < -0.39 is 0 Å². The van der Waals surface area contributed by atoms with Crippen molar-refractivity contribution in [3.05, 3.63) is 12.3 Å². The number of hydrogen-bond donors (Lipinski definition) is 2. The molecule has 7 heavy (non-hydrogen) atoms. The van der Waals surface area contributed by atoms with Crippen LogP contribution in [-0.2, 0) is 0 Å². The summed E-state index contributed by atoms with van der Waals surface area (Å²) in [5, 5.41) is 0. The van der Waals surface area contributed by atoms with Crippen molar-refractivity contribution in [1.29, 1.82) is 0 Å². The SMILES string of the molecule is C=C(CN)N=CN. The van der Waals surface area contributed by atoms with Gasteiger partial charge in [0.05, 0.1) is 6.34 Å². The second-order valence-electron chi connectivity index (χ2n) is 1.05. The monoisotopic (exact) mass is 99.1 g/mol. The number of hydrogen-bond acceptors (Lipinski definition) is 2. The summed E-state index contributed by atoms with van der Waals surface area (Å²) < 4.78 is 0. The van der Waals surface area contributed by atoms with Crippen molar-refractivity contribution in [1.82, 2.24) is 0 Å². The molecule has 0 atom stereocenters. The molecule has 0 saturated heterocycles. The van der Waals surface area contributed by atoms with Gasteiger partial charge in [-0.1, -0.05) is 6.58 Å². The third kappa shape index (κ3) is 2.99. The fraction of sp³-hybridized carbons (Fsp3) is 0.250. The average Bonchev–Trinajstić information content (AvgIpc) is 1.68. The van der Waals surface area contributed by atoms with Crippen LogP contribution in [0.15, 0.2) is 17.3 Å². The first-order chi connectivity index (χ1) is 3.31. The van der Waals surface area contributed by atoms with Crippen molar-refractivity contribution in [2.24, 2.45) is 16.5 Å². The summed E-state index contributed by atoms with van der Waals surface area (Å²) in [5.41, 5.74) is 10.6. The molecule has 0 aromatic rings. The highest BCUT2D eigenvalue weighted by atomic mass is 14.8. The van der Waals surface area contributed by atoms with Crippen LogP contribution in [0, 0.1) is 0 Å². The van der Waals surface area contributed by atoms with E-state index in [0.29, 0.717) is 12.2 Å². The van der Waals surface area contributed by atoms with Crippen LogP contribution in [0.3, 0.4) is 0 Å². The molecule has 0 heterocycles. The molecule has 0 unspecified atom stereocenters. The summed E-state index contributed by atoms with van der Waals surface area (Å²) in [6, 6.07) is 0. The quantitative estimate of drug-likeness (QED) is 0.360. The average molecular weight is 99.1 g/mol. The number of nitrogens with two attached hydrogens (primary N) is 2. The van der Waals surface area contributed by atoms with Gasteiger partial charge in [0.15, 0.2) is 0 Å². The Labute approximate surface area is 42.7 Å². The predicted molar refractivity (Wildman–Crippen MR) is 30.9 cm³/mol. The van der Waals surface area contributed by atoms with E-state index in [1.54, 1.807) is 0 Å². The molecule has 4 N–H and O–H groups in total. The van der Waals surface area contributed by atoms with Gasteiger partial charge in [0, 0.05) is 12.2 Å². The van der Waals surface area contributed by atoms with Gasteiger partial charge in [-0.2, -0.15) is 0 Å². The van der Waals surface area contributed by atoms with E-state index in [1.807, 2.05) is 0 Å². The maximum atomic E-state index is 5.09. The zero-order chi connectivity index (χ0) is 5.70. The highest BCUT2D eigenvalue weighted by Gasteiger charge is 1.76. The lowest BCUT2D eigenvalue weighted by atomic mass is 10.5. The Morgan fingerprint density at radius 3 is 2.57 bits per heavy atom. The van der Waals surface area contributed by atoms with Crippen molar-refractivity contribution in [3.8, 4) is 0 Å². The highest BCUT2D eigenvalue weighted by Crippen LogP contribution is 1.81. The van der Waals surface area contributed by atoms with Gasteiger partial charge < -0.3 is 11.5 Å². The number of rotatable bonds is 2. The summed E-state index contributed by atoms with van der Waals surface area (Å²) in [4.78, 5) is 3.58. The standard InChI is InChI=1S/C4H9N3/c1-4(2-5)7-3-6/h3H,1-2,5H2,(H2,6,7). The van der Waals surface area contributed by atoms with E-state index in [1.165, 1.54) is 6.34 Å². The number of nitrogens with zero attached hydrogens (tertiary/aromatic N) is 1. The van der Waals surface area contributed by atoms with E-state index in [-0.39, 0.29) is 0 Å². The van der Waals surface area contributed by atoms with E-state index in [2.05, 4.69) is 11.6 Å². The lowest BCUT2D eigenvalue weighted by molar-refractivity contribution is 1.12. The highest BCUT2D eigenvalue weighted by molar-refractivity contribution is 5.53. The van der Waals surface area contributed by atoms with E-state index in [9.17, 15) is 0 Å². The Balaban J connectivity index is 3.37.